The molecular formula is C18H25N3O3. The number of benzene rings is 1. The predicted octanol–water partition coefficient (Wildman–Crippen LogP) is 1.90. The lowest BCUT2D eigenvalue weighted by Crippen LogP contribution is -2.36. The van der Waals surface area contributed by atoms with E-state index in [0.29, 0.717) is 6.42 Å². The number of amides is 1. The molecule has 6 heteroatoms. The second-order valence-electron chi connectivity index (χ2n) is 7.04. The van der Waals surface area contributed by atoms with Gasteiger partial charge in [0.2, 0.25) is 5.91 Å². The fourth-order valence-corrected chi connectivity index (χ4v) is 2.91. The molecule has 1 heterocycles. The molecule has 6 nitrogen and oxygen atoms in total. The normalized spacial score (nSPS) is 13.0. The lowest BCUT2D eigenvalue weighted by Gasteiger charge is -2.20. The van der Waals surface area contributed by atoms with Crippen LogP contribution in [0.2, 0.25) is 0 Å². The molecule has 1 aromatic heterocycles. The van der Waals surface area contributed by atoms with Crippen LogP contribution in [0.4, 0.5) is 0 Å². The molecule has 1 atom stereocenters. The lowest BCUT2D eigenvalue weighted by molar-refractivity contribution is -0.124. The standard InChI is InChI=1S/C18H25N3O3/c1-18(2,3)12-8-9-13-15(11-12)21(17(24)20(13)5)14(7-6-10-22)16(23)19-4/h8-11,14H,6-7H2,1-5H3,(H,19,23). The molecule has 1 aromatic carbocycles. The van der Waals surface area contributed by atoms with Crippen LogP contribution in [0.1, 0.15) is 45.2 Å². The van der Waals surface area contributed by atoms with Crippen LogP contribution in [0.15, 0.2) is 23.0 Å². The first-order valence-corrected chi connectivity index (χ1v) is 8.09. The van der Waals surface area contributed by atoms with Crippen molar-refractivity contribution in [3.8, 4) is 0 Å². The van der Waals surface area contributed by atoms with Gasteiger partial charge in [0.1, 0.15) is 12.3 Å². The Labute approximate surface area is 141 Å². The summed E-state index contributed by atoms with van der Waals surface area (Å²) in [6.45, 7) is 6.30. The van der Waals surface area contributed by atoms with Crippen LogP contribution >= 0.6 is 0 Å². The van der Waals surface area contributed by atoms with Gasteiger partial charge in [-0.05, 0) is 29.5 Å². The average Bonchev–Trinajstić information content (AvgIpc) is 2.78. The maximum atomic E-state index is 12.7. The summed E-state index contributed by atoms with van der Waals surface area (Å²) in [5.41, 5.74) is 2.24. The van der Waals surface area contributed by atoms with Crippen molar-refractivity contribution in [2.24, 2.45) is 7.05 Å². The van der Waals surface area contributed by atoms with E-state index in [1.54, 1.807) is 11.6 Å². The number of carbonyl (C=O) groups is 2. The van der Waals surface area contributed by atoms with E-state index >= 15 is 0 Å². The minimum atomic E-state index is -0.702. The van der Waals surface area contributed by atoms with Crippen molar-refractivity contribution in [3.63, 3.8) is 0 Å². The van der Waals surface area contributed by atoms with E-state index in [1.165, 1.54) is 11.6 Å². The number of imidazole rings is 1. The molecule has 0 radical (unpaired) electrons. The molecule has 0 bridgehead atoms. The van der Waals surface area contributed by atoms with Gasteiger partial charge >= 0.3 is 5.69 Å². The summed E-state index contributed by atoms with van der Waals surface area (Å²) in [4.78, 5) is 35.8. The number of aldehydes is 1. The number of rotatable bonds is 5. The van der Waals surface area contributed by atoms with Gasteiger partial charge in [-0.3, -0.25) is 13.9 Å². The first-order valence-electron chi connectivity index (χ1n) is 8.09. The van der Waals surface area contributed by atoms with Crippen molar-refractivity contribution in [1.82, 2.24) is 14.5 Å². The number of aryl methyl sites for hydroxylation is 1. The molecule has 24 heavy (non-hydrogen) atoms. The van der Waals surface area contributed by atoms with Crippen LogP contribution in [0.3, 0.4) is 0 Å². The molecule has 1 amide bonds. The summed E-state index contributed by atoms with van der Waals surface area (Å²) < 4.78 is 3.05. The van der Waals surface area contributed by atoms with E-state index in [4.69, 9.17) is 0 Å². The fraction of sp³-hybridized carbons (Fsp3) is 0.500. The summed E-state index contributed by atoms with van der Waals surface area (Å²) in [6.07, 6.45) is 1.29. The summed E-state index contributed by atoms with van der Waals surface area (Å²) in [7, 11) is 3.23. The average molecular weight is 331 g/mol. The van der Waals surface area contributed by atoms with Crippen molar-refractivity contribution in [2.45, 2.75) is 45.1 Å². The molecule has 0 saturated carbocycles. The first kappa shape index (κ1) is 18.0. The Morgan fingerprint density at radius 2 is 1.96 bits per heavy atom. The van der Waals surface area contributed by atoms with Crippen LogP contribution in [-0.4, -0.2) is 28.4 Å². The number of fused-ring (bicyclic) bond motifs is 1. The molecule has 0 saturated heterocycles. The number of nitrogens with one attached hydrogen (secondary N) is 1. The maximum Gasteiger partial charge on any atom is 0.329 e. The van der Waals surface area contributed by atoms with Crippen molar-refractivity contribution in [3.05, 3.63) is 34.2 Å². The number of nitrogens with zero attached hydrogens (tertiary/aromatic N) is 2. The van der Waals surface area contributed by atoms with Gasteiger partial charge in [0.05, 0.1) is 11.0 Å². The monoisotopic (exact) mass is 331 g/mol. The van der Waals surface area contributed by atoms with Gasteiger partial charge in [-0.15, -0.1) is 0 Å². The highest BCUT2D eigenvalue weighted by Gasteiger charge is 2.25. The summed E-state index contributed by atoms with van der Waals surface area (Å²) in [5.74, 6) is -0.271. The maximum absolute atomic E-state index is 12.7. The summed E-state index contributed by atoms with van der Waals surface area (Å²) in [5, 5.41) is 2.59. The predicted molar refractivity (Wildman–Crippen MR) is 94.3 cm³/mol. The third-order valence-electron chi connectivity index (χ3n) is 4.37. The highest BCUT2D eigenvalue weighted by Crippen LogP contribution is 2.27. The Morgan fingerprint density at radius 3 is 2.50 bits per heavy atom. The minimum absolute atomic E-state index is 0.0732. The van der Waals surface area contributed by atoms with Crippen molar-refractivity contribution in [1.29, 1.82) is 0 Å². The van der Waals surface area contributed by atoms with E-state index in [-0.39, 0.29) is 23.4 Å². The van der Waals surface area contributed by atoms with E-state index in [1.807, 2.05) is 18.2 Å². The largest absolute Gasteiger partial charge is 0.357 e. The van der Waals surface area contributed by atoms with Crippen LogP contribution < -0.4 is 11.0 Å². The third-order valence-corrected chi connectivity index (χ3v) is 4.37. The molecule has 2 rings (SSSR count). The minimum Gasteiger partial charge on any atom is -0.357 e. The first-order chi connectivity index (χ1) is 11.2. The lowest BCUT2D eigenvalue weighted by atomic mass is 9.87. The zero-order valence-corrected chi connectivity index (χ0v) is 14.9. The van der Waals surface area contributed by atoms with Gasteiger partial charge in [-0.1, -0.05) is 26.8 Å². The summed E-state index contributed by atoms with van der Waals surface area (Å²) >= 11 is 0. The SMILES string of the molecule is CNC(=O)C(CCC=O)n1c(=O)n(C)c2ccc(C(C)(C)C)cc21. The van der Waals surface area contributed by atoms with Gasteiger partial charge in [0.25, 0.3) is 0 Å². The molecule has 0 aliphatic rings. The van der Waals surface area contributed by atoms with Crippen LogP contribution in [0, 0.1) is 0 Å². The number of hydrogen-bond donors (Lipinski definition) is 1. The smallest absolute Gasteiger partial charge is 0.329 e. The number of carbonyl (C=O) groups excluding carboxylic acids is 2. The molecule has 2 aromatic rings. The van der Waals surface area contributed by atoms with E-state index < -0.39 is 6.04 Å². The topological polar surface area (TPSA) is 73.1 Å². The fourth-order valence-electron chi connectivity index (χ4n) is 2.91. The van der Waals surface area contributed by atoms with Gasteiger partial charge in [0.15, 0.2) is 0 Å². The molecule has 1 unspecified atom stereocenters. The second kappa shape index (κ2) is 6.63. The van der Waals surface area contributed by atoms with Gasteiger partial charge in [-0.2, -0.15) is 0 Å². The summed E-state index contributed by atoms with van der Waals surface area (Å²) in [6, 6.07) is 5.18. The Balaban J connectivity index is 2.74. The van der Waals surface area contributed by atoms with Crippen molar-refractivity contribution >= 4 is 23.2 Å². The van der Waals surface area contributed by atoms with E-state index in [9.17, 15) is 14.4 Å². The number of aromatic nitrogens is 2. The molecule has 0 aliphatic heterocycles. The Hall–Kier alpha value is -2.37. The Kier molecular flexibility index (Phi) is 4.96. The van der Waals surface area contributed by atoms with Crippen LogP contribution in [-0.2, 0) is 22.1 Å². The molecule has 0 fully saturated rings. The second-order valence-corrected chi connectivity index (χ2v) is 7.04. The highest BCUT2D eigenvalue weighted by molar-refractivity contribution is 5.84. The molecular weight excluding hydrogens is 306 g/mol. The molecule has 0 aliphatic carbocycles. The Morgan fingerprint density at radius 1 is 1.29 bits per heavy atom. The molecule has 1 N–H and O–H groups in total. The van der Waals surface area contributed by atoms with Gasteiger partial charge in [-0.25, -0.2) is 4.79 Å². The van der Waals surface area contributed by atoms with Crippen LogP contribution in [0.5, 0.6) is 0 Å². The molecule has 0 spiro atoms. The Bertz CT molecular complexity index is 824. The zero-order valence-electron chi connectivity index (χ0n) is 14.9. The third kappa shape index (κ3) is 3.13. The van der Waals surface area contributed by atoms with Crippen LogP contribution in [0.25, 0.3) is 11.0 Å². The molecule has 130 valence electrons. The van der Waals surface area contributed by atoms with E-state index in [2.05, 4.69) is 26.1 Å². The van der Waals surface area contributed by atoms with Crippen molar-refractivity contribution < 1.29 is 9.59 Å². The van der Waals surface area contributed by atoms with Crippen molar-refractivity contribution in [2.75, 3.05) is 7.05 Å². The van der Waals surface area contributed by atoms with E-state index in [0.717, 1.165) is 22.9 Å². The number of likely N-dealkylation sites (N-methyl/N-ethyl adjacent to an activating group) is 1. The number of hydrogen-bond acceptors (Lipinski definition) is 3. The van der Waals surface area contributed by atoms with Gasteiger partial charge < -0.3 is 10.1 Å². The quantitative estimate of drug-likeness (QED) is 0.851. The van der Waals surface area contributed by atoms with Gasteiger partial charge in [0, 0.05) is 20.5 Å². The highest BCUT2D eigenvalue weighted by atomic mass is 16.2. The zero-order chi connectivity index (χ0) is 18.1.